The SMILES string of the molecule is CSCc1ccc(-c2ccccc2OC(C)=O)cc1. The van der Waals surface area contributed by atoms with Crippen molar-refractivity contribution in [1.82, 2.24) is 0 Å². The molecule has 0 unspecified atom stereocenters. The zero-order chi connectivity index (χ0) is 13.7. The van der Waals surface area contributed by atoms with Crippen molar-refractivity contribution in [2.24, 2.45) is 0 Å². The van der Waals surface area contributed by atoms with E-state index >= 15 is 0 Å². The van der Waals surface area contributed by atoms with Crippen molar-refractivity contribution in [3.63, 3.8) is 0 Å². The quantitative estimate of drug-likeness (QED) is 0.618. The Kier molecular flexibility index (Phi) is 4.63. The molecule has 0 aromatic heterocycles. The molecule has 0 heterocycles. The molecule has 0 aliphatic heterocycles. The van der Waals surface area contributed by atoms with Gasteiger partial charge in [-0.2, -0.15) is 11.8 Å². The van der Waals surface area contributed by atoms with Crippen LogP contribution in [0.15, 0.2) is 48.5 Å². The fraction of sp³-hybridized carbons (Fsp3) is 0.188. The number of carbonyl (C=O) groups is 1. The van der Waals surface area contributed by atoms with E-state index < -0.39 is 0 Å². The molecule has 0 bridgehead atoms. The van der Waals surface area contributed by atoms with Crippen molar-refractivity contribution in [3.8, 4) is 16.9 Å². The molecule has 0 aliphatic rings. The highest BCUT2D eigenvalue weighted by Gasteiger charge is 2.07. The van der Waals surface area contributed by atoms with E-state index in [-0.39, 0.29) is 5.97 Å². The van der Waals surface area contributed by atoms with E-state index in [4.69, 9.17) is 4.74 Å². The van der Waals surface area contributed by atoms with Crippen LogP contribution >= 0.6 is 11.8 Å². The van der Waals surface area contributed by atoms with Gasteiger partial charge in [-0.3, -0.25) is 4.79 Å². The molecule has 2 rings (SSSR count). The summed E-state index contributed by atoms with van der Waals surface area (Å²) in [6.45, 7) is 1.42. The zero-order valence-corrected chi connectivity index (χ0v) is 11.9. The minimum Gasteiger partial charge on any atom is -0.426 e. The molecule has 0 amide bonds. The third-order valence-corrected chi connectivity index (χ3v) is 3.34. The van der Waals surface area contributed by atoms with Crippen LogP contribution in [0.3, 0.4) is 0 Å². The first-order chi connectivity index (χ1) is 9.20. The van der Waals surface area contributed by atoms with E-state index in [1.54, 1.807) is 11.8 Å². The summed E-state index contributed by atoms with van der Waals surface area (Å²) in [5.74, 6) is 1.31. The Labute approximate surface area is 117 Å². The van der Waals surface area contributed by atoms with E-state index in [2.05, 4.69) is 30.5 Å². The van der Waals surface area contributed by atoms with Gasteiger partial charge in [0.2, 0.25) is 0 Å². The molecule has 0 saturated carbocycles. The van der Waals surface area contributed by atoms with Crippen LogP contribution in [0.5, 0.6) is 5.75 Å². The summed E-state index contributed by atoms with van der Waals surface area (Å²) in [6.07, 6.45) is 2.09. The van der Waals surface area contributed by atoms with Crippen LogP contribution in [0.1, 0.15) is 12.5 Å². The number of esters is 1. The fourth-order valence-corrected chi connectivity index (χ4v) is 2.42. The summed E-state index contributed by atoms with van der Waals surface area (Å²) >= 11 is 1.80. The maximum Gasteiger partial charge on any atom is 0.308 e. The van der Waals surface area contributed by atoms with E-state index in [0.717, 1.165) is 16.9 Å². The van der Waals surface area contributed by atoms with Gasteiger partial charge in [0, 0.05) is 18.2 Å². The first-order valence-electron chi connectivity index (χ1n) is 6.06. The van der Waals surface area contributed by atoms with Crippen molar-refractivity contribution in [2.75, 3.05) is 6.26 Å². The van der Waals surface area contributed by atoms with Crippen molar-refractivity contribution in [2.45, 2.75) is 12.7 Å². The molecule has 2 aromatic rings. The van der Waals surface area contributed by atoms with Gasteiger partial charge < -0.3 is 4.74 Å². The fourth-order valence-electron chi connectivity index (χ4n) is 1.90. The summed E-state index contributed by atoms with van der Waals surface area (Å²) in [5, 5.41) is 0. The standard InChI is InChI=1S/C16H16O2S/c1-12(17)18-16-6-4-3-5-15(16)14-9-7-13(8-10-14)11-19-2/h3-10H,11H2,1-2H3. The number of hydrogen-bond donors (Lipinski definition) is 0. The molecule has 0 spiro atoms. The normalized spacial score (nSPS) is 10.2. The van der Waals surface area contributed by atoms with Gasteiger partial charge in [-0.25, -0.2) is 0 Å². The van der Waals surface area contributed by atoms with Gasteiger partial charge in [-0.05, 0) is 23.4 Å². The zero-order valence-electron chi connectivity index (χ0n) is 11.1. The van der Waals surface area contributed by atoms with E-state index in [1.807, 2.05) is 24.3 Å². The average molecular weight is 272 g/mol. The molecule has 0 N–H and O–H groups in total. The Morgan fingerprint density at radius 2 is 1.79 bits per heavy atom. The molecule has 0 radical (unpaired) electrons. The Bertz CT molecular complexity index is 561. The van der Waals surface area contributed by atoms with Gasteiger partial charge in [0.25, 0.3) is 0 Å². The van der Waals surface area contributed by atoms with Crippen LogP contribution in [-0.4, -0.2) is 12.2 Å². The molecule has 0 fully saturated rings. The van der Waals surface area contributed by atoms with E-state index in [1.165, 1.54) is 12.5 Å². The number of rotatable bonds is 4. The third kappa shape index (κ3) is 3.61. The van der Waals surface area contributed by atoms with Gasteiger partial charge in [-0.15, -0.1) is 0 Å². The number of carbonyl (C=O) groups excluding carboxylic acids is 1. The lowest BCUT2D eigenvalue weighted by molar-refractivity contribution is -0.131. The predicted molar refractivity (Wildman–Crippen MR) is 80.4 cm³/mol. The second-order valence-corrected chi connectivity index (χ2v) is 5.09. The number of para-hydroxylation sites is 1. The predicted octanol–water partition coefficient (Wildman–Crippen LogP) is 4.14. The highest BCUT2D eigenvalue weighted by atomic mass is 32.2. The van der Waals surface area contributed by atoms with Gasteiger partial charge >= 0.3 is 5.97 Å². The average Bonchev–Trinajstić information content (AvgIpc) is 2.40. The number of thioether (sulfide) groups is 1. The van der Waals surface area contributed by atoms with Crippen LogP contribution in [0.4, 0.5) is 0 Å². The Morgan fingerprint density at radius 1 is 1.11 bits per heavy atom. The summed E-state index contributed by atoms with van der Waals surface area (Å²) in [6, 6.07) is 15.9. The van der Waals surface area contributed by atoms with Crippen LogP contribution < -0.4 is 4.74 Å². The molecular formula is C16H16O2S. The highest BCUT2D eigenvalue weighted by Crippen LogP contribution is 2.30. The van der Waals surface area contributed by atoms with Gasteiger partial charge in [-0.1, -0.05) is 42.5 Å². The maximum atomic E-state index is 11.1. The van der Waals surface area contributed by atoms with Crippen LogP contribution in [0, 0.1) is 0 Å². The maximum absolute atomic E-state index is 11.1. The van der Waals surface area contributed by atoms with E-state index in [9.17, 15) is 4.79 Å². The van der Waals surface area contributed by atoms with Crippen molar-refractivity contribution < 1.29 is 9.53 Å². The number of hydrogen-bond acceptors (Lipinski definition) is 3. The van der Waals surface area contributed by atoms with Crippen LogP contribution in [0.25, 0.3) is 11.1 Å². The molecule has 0 atom stereocenters. The molecule has 2 nitrogen and oxygen atoms in total. The number of ether oxygens (including phenoxy) is 1. The van der Waals surface area contributed by atoms with Gasteiger partial charge in [0.05, 0.1) is 0 Å². The van der Waals surface area contributed by atoms with E-state index in [0.29, 0.717) is 5.75 Å². The monoisotopic (exact) mass is 272 g/mol. The molecule has 0 saturated heterocycles. The molecular weight excluding hydrogens is 256 g/mol. The summed E-state index contributed by atoms with van der Waals surface area (Å²) in [7, 11) is 0. The first kappa shape index (κ1) is 13.7. The lowest BCUT2D eigenvalue weighted by Gasteiger charge is -2.09. The third-order valence-electron chi connectivity index (χ3n) is 2.72. The molecule has 2 aromatic carbocycles. The van der Waals surface area contributed by atoms with Gasteiger partial charge in [0.15, 0.2) is 0 Å². The topological polar surface area (TPSA) is 26.3 Å². The molecule has 19 heavy (non-hydrogen) atoms. The lowest BCUT2D eigenvalue weighted by atomic mass is 10.0. The minimum atomic E-state index is -0.300. The second-order valence-electron chi connectivity index (χ2n) is 4.22. The van der Waals surface area contributed by atoms with Crippen molar-refractivity contribution in [3.05, 3.63) is 54.1 Å². The van der Waals surface area contributed by atoms with Crippen LogP contribution in [0.2, 0.25) is 0 Å². The minimum absolute atomic E-state index is 0.300. The summed E-state index contributed by atoms with van der Waals surface area (Å²) < 4.78 is 5.23. The second kappa shape index (κ2) is 6.43. The molecule has 98 valence electrons. The largest absolute Gasteiger partial charge is 0.426 e. The smallest absolute Gasteiger partial charge is 0.308 e. The summed E-state index contributed by atoms with van der Waals surface area (Å²) in [5.41, 5.74) is 3.29. The Morgan fingerprint density at radius 3 is 2.42 bits per heavy atom. The molecule has 3 heteroatoms. The Hall–Kier alpha value is -1.74. The summed E-state index contributed by atoms with van der Waals surface area (Å²) in [4.78, 5) is 11.1. The Balaban J connectivity index is 2.32. The lowest BCUT2D eigenvalue weighted by Crippen LogP contribution is -2.02. The number of benzene rings is 2. The first-order valence-corrected chi connectivity index (χ1v) is 7.46. The molecule has 0 aliphatic carbocycles. The van der Waals surface area contributed by atoms with Crippen molar-refractivity contribution in [1.29, 1.82) is 0 Å². The van der Waals surface area contributed by atoms with Crippen LogP contribution in [-0.2, 0) is 10.5 Å². The van der Waals surface area contributed by atoms with Crippen molar-refractivity contribution >= 4 is 17.7 Å². The highest BCUT2D eigenvalue weighted by molar-refractivity contribution is 7.97. The van der Waals surface area contributed by atoms with Gasteiger partial charge in [0.1, 0.15) is 5.75 Å².